The third-order valence-corrected chi connectivity index (χ3v) is 3.25. The van der Waals surface area contributed by atoms with Gasteiger partial charge < -0.3 is 10.6 Å². The molecule has 112 valence electrons. The predicted molar refractivity (Wildman–Crippen MR) is 74.9 cm³/mol. The summed E-state index contributed by atoms with van der Waals surface area (Å²) in [6.45, 7) is 8.17. The Kier molecular flexibility index (Phi) is 5.22. The third kappa shape index (κ3) is 4.00. The van der Waals surface area contributed by atoms with E-state index in [1.165, 1.54) is 6.07 Å². The molecule has 1 amide bonds. The lowest BCUT2D eigenvalue weighted by Gasteiger charge is -2.31. The van der Waals surface area contributed by atoms with Gasteiger partial charge in [-0.3, -0.25) is 4.79 Å². The van der Waals surface area contributed by atoms with Crippen LogP contribution in [-0.2, 0) is 11.3 Å². The monoisotopic (exact) mass is 284 g/mol. The zero-order chi connectivity index (χ0) is 15.5. The average molecular weight is 284 g/mol. The van der Waals surface area contributed by atoms with Crippen molar-refractivity contribution in [2.24, 2.45) is 11.1 Å². The van der Waals surface area contributed by atoms with Crippen LogP contribution in [0.25, 0.3) is 0 Å². The topological polar surface area (TPSA) is 46.3 Å². The van der Waals surface area contributed by atoms with Gasteiger partial charge in [-0.15, -0.1) is 0 Å². The van der Waals surface area contributed by atoms with E-state index in [0.717, 1.165) is 12.1 Å². The smallest absolute Gasteiger partial charge is 0.240 e. The molecule has 0 aliphatic carbocycles. The standard InChI is InChI=1S/C15H22F2N2O/c1-5-19(14(20)13(18)15(2,3)4)9-10-6-7-11(16)12(17)8-10/h6-8,13H,5,9,18H2,1-4H3. The number of carbonyl (C=O) groups is 1. The molecule has 0 aliphatic heterocycles. The van der Waals surface area contributed by atoms with Crippen molar-refractivity contribution in [2.45, 2.75) is 40.3 Å². The summed E-state index contributed by atoms with van der Waals surface area (Å²) < 4.78 is 26.1. The fraction of sp³-hybridized carbons (Fsp3) is 0.533. The molecule has 0 saturated heterocycles. The Morgan fingerprint density at radius 1 is 1.30 bits per heavy atom. The Bertz CT molecular complexity index is 483. The summed E-state index contributed by atoms with van der Waals surface area (Å²) in [6, 6.07) is 3.00. The zero-order valence-corrected chi connectivity index (χ0v) is 12.4. The van der Waals surface area contributed by atoms with Crippen LogP contribution in [0.15, 0.2) is 18.2 Å². The van der Waals surface area contributed by atoms with Crippen molar-refractivity contribution < 1.29 is 13.6 Å². The number of amides is 1. The van der Waals surface area contributed by atoms with Crippen LogP contribution < -0.4 is 5.73 Å². The number of nitrogens with zero attached hydrogens (tertiary/aromatic N) is 1. The lowest BCUT2D eigenvalue weighted by molar-refractivity contribution is -0.135. The first-order valence-electron chi connectivity index (χ1n) is 6.65. The highest BCUT2D eigenvalue weighted by Gasteiger charge is 2.30. The lowest BCUT2D eigenvalue weighted by atomic mass is 9.86. The van der Waals surface area contributed by atoms with Crippen molar-refractivity contribution in [3.8, 4) is 0 Å². The van der Waals surface area contributed by atoms with Gasteiger partial charge in [-0.25, -0.2) is 8.78 Å². The minimum atomic E-state index is -0.911. The highest BCUT2D eigenvalue weighted by molar-refractivity contribution is 5.82. The molecule has 0 aliphatic rings. The summed E-state index contributed by atoms with van der Waals surface area (Å²) in [5, 5.41) is 0. The van der Waals surface area contributed by atoms with Crippen LogP contribution in [0.4, 0.5) is 8.78 Å². The van der Waals surface area contributed by atoms with Gasteiger partial charge in [0.1, 0.15) is 0 Å². The molecule has 1 aromatic carbocycles. The molecule has 5 heteroatoms. The quantitative estimate of drug-likeness (QED) is 0.924. The molecule has 1 atom stereocenters. The molecule has 3 nitrogen and oxygen atoms in total. The van der Waals surface area contributed by atoms with Crippen molar-refractivity contribution in [2.75, 3.05) is 6.54 Å². The van der Waals surface area contributed by atoms with E-state index >= 15 is 0 Å². The number of halogens is 2. The van der Waals surface area contributed by atoms with E-state index in [-0.39, 0.29) is 17.9 Å². The molecule has 1 unspecified atom stereocenters. The van der Waals surface area contributed by atoms with Gasteiger partial charge in [-0.1, -0.05) is 26.8 Å². The molecule has 0 aromatic heterocycles. The number of rotatable bonds is 4. The van der Waals surface area contributed by atoms with E-state index in [2.05, 4.69) is 0 Å². The summed E-state index contributed by atoms with van der Waals surface area (Å²) in [5.74, 6) is -2.00. The van der Waals surface area contributed by atoms with Crippen LogP contribution in [0, 0.1) is 17.0 Å². The Labute approximate surface area is 118 Å². The summed E-state index contributed by atoms with van der Waals surface area (Å²) >= 11 is 0. The normalized spacial score (nSPS) is 13.2. The maximum absolute atomic E-state index is 13.2. The van der Waals surface area contributed by atoms with Crippen molar-refractivity contribution >= 4 is 5.91 Å². The predicted octanol–water partition coefficient (Wildman–Crippen LogP) is 2.69. The Morgan fingerprint density at radius 2 is 1.90 bits per heavy atom. The largest absolute Gasteiger partial charge is 0.337 e. The average Bonchev–Trinajstić information content (AvgIpc) is 2.37. The minimum absolute atomic E-state index is 0.190. The molecule has 2 N–H and O–H groups in total. The number of likely N-dealkylation sites (N-methyl/N-ethyl adjacent to an activating group) is 1. The first-order chi connectivity index (χ1) is 9.16. The van der Waals surface area contributed by atoms with E-state index in [0.29, 0.717) is 12.1 Å². The highest BCUT2D eigenvalue weighted by atomic mass is 19.2. The van der Waals surface area contributed by atoms with Gasteiger partial charge in [0.2, 0.25) is 5.91 Å². The SMILES string of the molecule is CCN(Cc1ccc(F)c(F)c1)C(=O)C(N)C(C)(C)C. The lowest BCUT2D eigenvalue weighted by Crippen LogP contribution is -2.50. The maximum atomic E-state index is 13.2. The first-order valence-corrected chi connectivity index (χ1v) is 6.65. The van der Waals surface area contributed by atoms with Crippen molar-refractivity contribution in [3.05, 3.63) is 35.4 Å². The molecule has 1 aromatic rings. The number of hydrogen-bond acceptors (Lipinski definition) is 2. The molecule has 0 radical (unpaired) electrons. The van der Waals surface area contributed by atoms with Crippen LogP contribution >= 0.6 is 0 Å². The van der Waals surface area contributed by atoms with Crippen LogP contribution in [0.2, 0.25) is 0 Å². The first kappa shape index (κ1) is 16.6. The summed E-state index contributed by atoms with van der Waals surface area (Å²) in [4.78, 5) is 13.9. The van der Waals surface area contributed by atoms with Gasteiger partial charge >= 0.3 is 0 Å². The number of nitrogens with two attached hydrogens (primary N) is 1. The molecule has 1 rings (SSSR count). The third-order valence-electron chi connectivity index (χ3n) is 3.25. The van der Waals surface area contributed by atoms with Gasteiger partial charge in [0.15, 0.2) is 11.6 Å². The van der Waals surface area contributed by atoms with Crippen LogP contribution in [-0.4, -0.2) is 23.4 Å². The molecule has 0 heterocycles. The van der Waals surface area contributed by atoms with Crippen LogP contribution in [0.3, 0.4) is 0 Å². The van der Waals surface area contributed by atoms with Crippen LogP contribution in [0.1, 0.15) is 33.3 Å². The van der Waals surface area contributed by atoms with Crippen molar-refractivity contribution in [3.63, 3.8) is 0 Å². The van der Waals surface area contributed by atoms with Gasteiger partial charge in [0.05, 0.1) is 6.04 Å². The Hall–Kier alpha value is -1.49. The van der Waals surface area contributed by atoms with E-state index in [1.54, 1.807) is 4.90 Å². The highest BCUT2D eigenvalue weighted by Crippen LogP contribution is 2.20. The minimum Gasteiger partial charge on any atom is -0.337 e. The fourth-order valence-corrected chi connectivity index (χ4v) is 1.77. The molecule has 0 saturated carbocycles. The van der Waals surface area contributed by atoms with Crippen LogP contribution in [0.5, 0.6) is 0 Å². The van der Waals surface area contributed by atoms with Gasteiger partial charge in [-0.2, -0.15) is 0 Å². The second kappa shape index (κ2) is 6.31. The van der Waals surface area contributed by atoms with Gasteiger partial charge in [0, 0.05) is 13.1 Å². The molecule has 0 bridgehead atoms. The number of benzene rings is 1. The van der Waals surface area contributed by atoms with Crippen molar-refractivity contribution in [1.82, 2.24) is 4.90 Å². The van der Waals surface area contributed by atoms with E-state index in [4.69, 9.17) is 5.73 Å². The van der Waals surface area contributed by atoms with E-state index in [9.17, 15) is 13.6 Å². The Balaban J connectivity index is 2.86. The van der Waals surface area contributed by atoms with Crippen molar-refractivity contribution in [1.29, 1.82) is 0 Å². The molecular formula is C15H22F2N2O. The summed E-state index contributed by atoms with van der Waals surface area (Å²) in [6.07, 6.45) is 0. The summed E-state index contributed by atoms with van der Waals surface area (Å²) in [5.41, 5.74) is 6.15. The molecular weight excluding hydrogens is 262 g/mol. The zero-order valence-electron chi connectivity index (χ0n) is 12.4. The van der Waals surface area contributed by atoms with Gasteiger partial charge in [0.25, 0.3) is 0 Å². The molecule has 0 fully saturated rings. The molecule has 0 spiro atoms. The summed E-state index contributed by atoms with van der Waals surface area (Å²) in [7, 11) is 0. The second-order valence-corrected chi connectivity index (χ2v) is 5.94. The fourth-order valence-electron chi connectivity index (χ4n) is 1.77. The van der Waals surface area contributed by atoms with E-state index < -0.39 is 17.7 Å². The Morgan fingerprint density at radius 3 is 2.35 bits per heavy atom. The molecule has 20 heavy (non-hydrogen) atoms. The second-order valence-electron chi connectivity index (χ2n) is 5.94. The van der Waals surface area contributed by atoms with Gasteiger partial charge in [-0.05, 0) is 30.0 Å². The maximum Gasteiger partial charge on any atom is 0.240 e. The number of hydrogen-bond donors (Lipinski definition) is 1. The number of carbonyl (C=O) groups excluding carboxylic acids is 1. The van der Waals surface area contributed by atoms with E-state index in [1.807, 2.05) is 27.7 Å².